The number of carbonyl (C=O) groups is 2. The Labute approximate surface area is 140 Å². The molecule has 1 aliphatic rings. The van der Waals surface area contributed by atoms with E-state index in [2.05, 4.69) is 10.6 Å². The minimum atomic E-state index is -0.565. The number of likely N-dealkylation sites (tertiary alicyclic amines) is 1. The van der Waals surface area contributed by atoms with E-state index in [4.69, 9.17) is 11.6 Å². The zero-order chi connectivity index (χ0) is 16.8. The van der Waals surface area contributed by atoms with E-state index in [1.807, 2.05) is 0 Å². The Kier molecular flexibility index (Phi) is 6.21. The van der Waals surface area contributed by atoms with Gasteiger partial charge in [-0.1, -0.05) is 11.6 Å². The highest BCUT2D eigenvalue weighted by molar-refractivity contribution is 6.30. The summed E-state index contributed by atoms with van der Waals surface area (Å²) < 4.78 is 13.3. The average molecular weight is 342 g/mol. The number of nitrogens with zero attached hydrogens (tertiary/aromatic N) is 1. The van der Waals surface area contributed by atoms with Crippen molar-refractivity contribution >= 4 is 29.1 Å². The van der Waals surface area contributed by atoms with Gasteiger partial charge in [-0.2, -0.15) is 0 Å². The lowest BCUT2D eigenvalue weighted by molar-refractivity contribution is -0.136. The second-order valence-electron chi connectivity index (χ2n) is 5.66. The molecule has 1 unspecified atom stereocenters. The van der Waals surface area contributed by atoms with Crippen LogP contribution in [0.1, 0.15) is 26.2 Å². The summed E-state index contributed by atoms with van der Waals surface area (Å²) >= 11 is 5.60. The fourth-order valence-electron chi connectivity index (χ4n) is 2.53. The third kappa shape index (κ3) is 5.10. The number of piperidine rings is 1. The number of benzene rings is 1. The Morgan fingerprint density at radius 3 is 2.65 bits per heavy atom. The van der Waals surface area contributed by atoms with Crippen LogP contribution in [-0.2, 0) is 9.59 Å². The van der Waals surface area contributed by atoms with Crippen molar-refractivity contribution in [2.24, 2.45) is 0 Å². The SMILES string of the molecule is CC(NC(=O)CNc1ccc(Cl)c(F)c1)C(=O)N1CCCCC1. The smallest absolute Gasteiger partial charge is 0.244 e. The van der Waals surface area contributed by atoms with Crippen LogP contribution in [0, 0.1) is 5.82 Å². The van der Waals surface area contributed by atoms with Gasteiger partial charge in [-0.15, -0.1) is 0 Å². The summed E-state index contributed by atoms with van der Waals surface area (Å²) in [6.45, 7) is 3.14. The Bertz CT molecular complexity index is 576. The fourth-order valence-corrected chi connectivity index (χ4v) is 2.65. The Morgan fingerprint density at radius 1 is 1.30 bits per heavy atom. The molecule has 1 fully saturated rings. The minimum Gasteiger partial charge on any atom is -0.376 e. The van der Waals surface area contributed by atoms with Crippen LogP contribution < -0.4 is 10.6 Å². The molecule has 2 amide bonds. The lowest BCUT2D eigenvalue weighted by Crippen LogP contribution is -2.49. The molecular formula is C16H21ClFN3O2. The summed E-state index contributed by atoms with van der Waals surface area (Å²) in [6, 6.07) is 3.66. The highest BCUT2D eigenvalue weighted by Gasteiger charge is 2.23. The fraction of sp³-hybridized carbons (Fsp3) is 0.500. The maximum Gasteiger partial charge on any atom is 0.244 e. The van der Waals surface area contributed by atoms with Crippen molar-refractivity contribution in [1.29, 1.82) is 0 Å². The number of anilines is 1. The number of amides is 2. The first-order chi connectivity index (χ1) is 11.0. The molecule has 23 heavy (non-hydrogen) atoms. The van der Waals surface area contributed by atoms with E-state index in [0.717, 1.165) is 32.4 Å². The minimum absolute atomic E-state index is 0.0285. The standard InChI is InChI=1S/C16H21ClFN3O2/c1-11(16(23)21-7-3-2-4-8-21)20-15(22)10-19-12-5-6-13(17)14(18)9-12/h5-6,9,11,19H,2-4,7-8,10H2,1H3,(H,20,22). The van der Waals surface area contributed by atoms with Crippen molar-refractivity contribution < 1.29 is 14.0 Å². The van der Waals surface area contributed by atoms with Gasteiger partial charge in [-0.3, -0.25) is 9.59 Å². The van der Waals surface area contributed by atoms with Gasteiger partial charge in [0.1, 0.15) is 11.9 Å². The van der Waals surface area contributed by atoms with Crippen LogP contribution in [0.5, 0.6) is 0 Å². The highest BCUT2D eigenvalue weighted by Crippen LogP contribution is 2.18. The van der Waals surface area contributed by atoms with Crippen molar-refractivity contribution in [3.8, 4) is 0 Å². The van der Waals surface area contributed by atoms with E-state index >= 15 is 0 Å². The second kappa shape index (κ2) is 8.15. The molecule has 1 aromatic carbocycles. The molecule has 0 aliphatic carbocycles. The largest absolute Gasteiger partial charge is 0.376 e. The predicted octanol–water partition coefficient (Wildman–Crippen LogP) is 2.41. The third-order valence-electron chi connectivity index (χ3n) is 3.79. The van der Waals surface area contributed by atoms with Gasteiger partial charge < -0.3 is 15.5 Å². The van der Waals surface area contributed by atoms with E-state index in [1.54, 1.807) is 17.9 Å². The summed E-state index contributed by atoms with van der Waals surface area (Å²) in [5.74, 6) is -0.931. The van der Waals surface area contributed by atoms with Gasteiger partial charge in [0.25, 0.3) is 0 Å². The molecule has 2 rings (SSSR count). The molecule has 0 bridgehead atoms. The summed E-state index contributed by atoms with van der Waals surface area (Å²) in [4.78, 5) is 25.9. The highest BCUT2D eigenvalue weighted by atomic mass is 35.5. The zero-order valence-corrected chi connectivity index (χ0v) is 13.8. The van der Waals surface area contributed by atoms with Crippen molar-refractivity contribution in [2.75, 3.05) is 25.0 Å². The van der Waals surface area contributed by atoms with Gasteiger partial charge in [0.15, 0.2) is 0 Å². The molecule has 0 radical (unpaired) electrons. The van der Waals surface area contributed by atoms with Crippen LogP contribution in [0.4, 0.5) is 10.1 Å². The van der Waals surface area contributed by atoms with Crippen molar-refractivity contribution in [3.63, 3.8) is 0 Å². The van der Waals surface area contributed by atoms with Gasteiger partial charge >= 0.3 is 0 Å². The first-order valence-corrected chi connectivity index (χ1v) is 8.12. The number of hydrogen-bond acceptors (Lipinski definition) is 3. The molecule has 0 saturated carbocycles. The van der Waals surface area contributed by atoms with E-state index in [-0.39, 0.29) is 23.4 Å². The number of rotatable bonds is 5. The van der Waals surface area contributed by atoms with E-state index in [9.17, 15) is 14.0 Å². The molecule has 0 spiro atoms. The van der Waals surface area contributed by atoms with Gasteiger partial charge in [-0.25, -0.2) is 4.39 Å². The maximum atomic E-state index is 13.3. The van der Waals surface area contributed by atoms with E-state index in [0.29, 0.717) is 5.69 Å². The summed E-state index contributed by atoms with van der Waals surface area (Å²) in [5.41, 5.74) is 0.456. The summed E-state index contributed by atoms with van der Waals surface area (Å²) in [7, 11) is 0. The second-order valence-corrected chi connectivity index (χ2v) is 6.06. The van der Waals surface area contributed by atoms with Gasteiger partial charge in [-0.05, 0) is 44.4 Å². The Balaban J connectivity index is 1.79. The molecule has 1 aliphatic heterocycles. The average Bonchev–Trinajstić information content (AvgIpc) is 2.56. The molecular weight excluding hydrogens is 321 g/mol. The van der Waals surface area contributed by atoms with Crippen LogP contribution in [0.3, 0.4) is 0 Å². The molecule has 126 valence electrons. The molecule has 1 heterocycles. The topological polar surface area (TPSA) is 61.4 Å². The number of carbonyl (C=O) groups excluding carboxylic acids is 2. The lowest BCUT2D eigenvalue weighted by atomic mass is 10.1. The third-order valence-corrected chi connectivity index (χ3v) is 4.09. The molecule has 0 aromatic heterocycles. The quantitative estimate of drug-likeness (QED) is 0.864. The molecule has 7 heteroatoms. The van der Waals surface area contributed by atoms with Crippen molar-refractivity contribution in [3.05, 3.63) is 29.0 Å². The summed E-state index contributed by atoms with van der Waals surface area (Å²) in [5, 5.41) is 5.49. The van der Waals surface area contributed by atoms with Crippen LogP contribution >= 0.6 is 11.6 Å². The first-order valence-electron chi connectivity index (χ1n) is 7.74. The first kappa shape index (κ1) is 17.5. The lowest BCUT2D eigenvalue weighted by Gasteiger charge is -2.29. The monoisotopic (exact) mass is 341 g/mol. The van der Waals surface area contributed by atoms with E-state index in [1.165, 1.54) is 12.1 Å². The normalized spacial score (nSPS) is 15.9. The molecule has 1 aromatic rings. The number of halogens is 2. The number of nitrogens with one attached hydrogen (secondary N) is 2. The Hall–Kier alpha value is -1.82. The molecule has 1 saturated heterocycles. The van der Waals surface area contributed by atoms with Crippen molar-refractivity contribution in [1.82, 2.24) is 10.2 Å². The zero-order valence-electron chi connectivity index (χ0n) is 13.1. The van der Waals surface area contributed by atoms with Crippen molar-refractivity contribution in [2.45, 2.75) is 32.2 Å². The molecule has 1 atom stereocenters. The number of hydrogen-bond donors (Lipinski definition) is 2. The van der Waals surface area contributed by atoms with E-state index < -0.39 is 11.9 Å². The van der Waals surface area contributed by atoms with Crippen LogP contribution in [0.2, 0.25) is 5.02 Å². The van der Waals surface area contributed by atoms with Crippen LogP contribution in [0.25, 0.3) is 0 Å². The van der Waals surface area contributed by atoms with Crippen LogP contribution in [0.15, 0.2) is 18.2 Å². The molecule has 5 nitrogen and oxygen atoms in total. The van der Waals surface area contributed by atoms with Gasteiger partial charge in [0.05, 0.1) is 11.6 Å². The van der Waals surface area contributed by atoms with Gasteiger partial charge in [0.2, 0.25) is 11.8 Å². The summed E-state index contributed by atoms with van der Waals surface area (Å²) in [6.07, 6.45) is 3.16. The maximum absolute atomic E-state index is 13.3. The Morgan fingerprint density at radius 2 is 2.00 bits per heavy atom. The molecule has 2 N–H and O–H groups in total. The van der Waals surface area contributed by atoms with Gasteiger partial charge in [0, 0.05) is 18.8 Å². The predicted molar refractivity (Wildman–Crippen MR) is 87.9 cm³/mol. The van der Waals surface area contributed by atoms with Crippen LogP contribution in [-0.4, -0.2) is 42.4 Å².